The first kappa shape index (κ1) is 21.2. The van der Waals surface area contributed by atoms with Crippen LogP contribution < -0.4 is 24.8 Å². The van der Waals surface area contributed by atoms with Crippen molar-refractivity contribution in [1.82, 2.24) is 0 Å². The van der Waals surface area contributed by atoms with Gasteiger partial charge in [0.1, 0.15) is 22.7 Å². The second-order valence-electron chi connectivity index (χ2n) is 7.51. The Hall–Kier alpha value is -4.00. The molecule has 3 aromatic carbocycles. The van der Waals surface area contributed by atoms with Gasteiger partial charge in [-0.25, -0.2) is 0 Å². The summed E-state index contributed by atoms with van der Waals surface area (Å²) in [4.78, 5) is 27.4. The van der Waals surface area contributed by atoms with Crippen LogP contribution in [-0.2, 0) is 9.59 Å². The molecule has 0 aliphatic heterocycles. The molecule has 2 N–H and O–H groups in total. The van der Waals surface area contributed by atoms with Crippen LogP contribution in [0.3, 0.4) is 0 Å². The van der Waals surface area contributed by atoms with Crippen molar-refractivity contribution in [2.24, 2.45) is 11.1 Å². The van der Waals surface area contributed by atoms with E-state index in [0.29, 0.717) is 47.2 Å². The smallest absolute Gasteiger partial charge is 0.247 e. The van der Waals surface area contributed by atoms with Gasteiger partial charge in [0, 0.05) is 6.07 Å². The summed E-state index contributed by atoms with van der Waals surface area (Å²) in [6.07, 6.45) is 0.817. The number of nitrogens with two attached hydrogens (primary N) is 1. The molecular formula is C25H24N2O5. The summed E-state index contributed by atoms with van der Waals surface area (Å²) in [5.74, 6) is 1.06. The summed E-state index contributed by atoms with van der Waals surface area (Å²) in [5, 5.41) is 0. The van der Waals surface area contributed by atoms with Gasteiger partial charge in [-0.15, -0.1) is 0 Å². The number of anilines is 2. The Kier molecular flexibility index (Phi) is 5.73. The van der Waals surface area contributed by atoms with E-state index in [1.165, 1.54) is 12.0 Å². The summed E-state index contributed by atoms with van der Waals surface area (Å²) in [5.41, 5.74) is 5.36. The summed E-state index contributed by atoms with van der Waals surface area (Å²) < 4.78 is 16.9. The average Bonchev–Trinajstić information content (AvgIpc) is 3.63. The molecule has 0 radical (unpaired) electrons. The Balaban J connectivity index is 1.84. The molecule has 0 spiro atoms. The van der Waals surface area contributed by atoms with Crippen LogP contribution in [0.25, 0.3) is 0 Å². The van der Waals surface area contributed by atoms with Crippen molar-refractivity contribution in [2.75, 3.05) is 19.1 Å². The molecule has 4 rings (SSSR count). The normalized spacial score (nSPS) is 13.7. The maximum atomic E-state index is 13.7. The molecule has 164 valence electrons. The molecule has 0 bridgehead atoms. The van der Waals surface area contributed by atoms with Gasteiger partial charge in [-0.1, -0.05) is 30.3 Å². The highest BCUT2D eigenvalue weighted by Crippen LogP contribution is 2.51. The van der Waals surface area contributed by atoms with Crippen LogP contribution in [0, 0.1) is 5.41 Å². The van der Waals surface area contributed by atoms with Crippen LogP contribution in [-0.4, -0.2) is 26.0 Å². The number of hydrogen-bond acceptors (Lipinski definition) is 5. The number of carbonyl (C=O) groups excluding carboxylic acids is 2. The molecule has 32 heavy (non-hydrogen) atoms. The van der Waals surface area contributed by atoms with Gasteiger partial charge < -0.3 is 19.9 Å². The van der Waals surface area contributed by atoms with Gasteiger partial charge in [0.2, 0.25) is 11.8 Å². The predicted octanol–water partition coefficient (Wildman–Crippen LogP) is 4.43. The molecule has 1 aliphatic rings. The van der Waals surface area contributed by atoms with E-state index in [9.17, 15) is 9.59 Å². The Morgan fingerprint density at radius 3 is 2.00 bits per heavy atom. The van der Waals surface area contributed by atoms with E-state index in [-0.39, 0.29) is 0 Å². The molecule has 0 atom stereocenters. The Morgan fingerprint density at radius 2 is 1.41 bits per heavy atom. The maximum Gasteiger partial charge on any atom is 0.247 e. The minimum Gasteiger partial charge on any atom is -0.497 e. The molecule has 7 nitrogen and oxygen atoms in total. The lowest BCUT2D eigenvalue weighted by atomic mass is 10.0. The van der Waals surface area contributed by atoms with Gasteiger partial charge in [0.25, 0.3) is 0 Å². The lowest BCUT2D eigenvalue weighted by molar-refractivity contribution is -0.133. The van der Waals surface area contributed by atoms with E-state index in [4.69, 9.17) is 19.9 Å². The number of primary amides is 1. The van der Waals surface area contributed by atoms with Crippen LogP contribution in [0.1, 0.15) is 12.8 Å². The number of hydrogen-bond donors (Lipinski definition) is 1. The second-order valence-corrected chi connectivity index (χ2v) is 7.51. The highest BCUT2D eigenvalue weighted by atomic mass is 16.5. The van der Waals surface area contributed by atoms with Gasteiger partial charge in [-0.05, 0) is 49.2 Å². The summed E-state index contributed by atoms with van der Waals surface area (Å²) in [6, 6.07) is 21.4. The van der Waals surface area contributed by atoms with Gasteiger partial charge in [0.15, 0.2) is 5.75 Å². The van der Waals surface area contributed by atoms with E-state index in [2.05, 4.69) is 0 Å². The van der Waals surface area contributed by atoms with Crippen molar-refractivity contribution in [3.8, 4) is 23.0 Å². The SMILES string of the molecule is COc1cccc(Oc2ccccc2N(C(=O)C2(C(N)=O)CC2)c2ccccc2OC)c1. The summed E-state index contributed by atoms with van der Waals surface area (Å²) in [7, 11) is 3.11. The third kappa shape index (κ3) is 3.85. The molecule has 7 heteroatoms. The van der Waals surface area contributed by atoms with Crippen molar-refractivity contribution in [1.29, 1.82) is 0 Å². The minimum atomic E-state index is -1.23. The Labute approximate surface area is 186 Å². The highest BCUT2D eigenvalue weighted by Gasteiger charge is 2.58. The zero-order chi connectivity index (χ0) is 22.7. The number of ether oxygens (including phenoxy) is 3. The first-order valence-electron chi connectivity index (χ1n) is 10.2. The molecule has 0 saturated heterocycles. The van der Waals surface area contributed by atoms with Crippen LogP contribution in [0.5, 0.6) is 23.0 Å². The van der Waals surface area contributed by atoms with Crippen LogP contribution in [0.2, 0.25) is 0 Å². The molecule has 0 heterocycles. The third-order valence-electron chi connectivity index (χ3n) is 5.54. The molecule has 0 unspecified atom stereocenters. The summed E-state index contributed by atoms with van der Waals surface area (Å²) in [6.45, 7) is 0. The number of amides is 2. The zero-order valence-corrected chi connectivity index (χ0v) is 17.9. The van der Waals surface area contributed by atoms with E-state index >= 15 is 0 Å². The number of para-hydroxylation sites is 4. The molecule has 2 amide bonds. The number of nitrogens with zero attached hydrogens (tertiary/aromatic N) is 1. The summed E-state index contributed by atoms with van der Waals surface area (Å²) >= 11 is 0. The van der Waals surface area contributed by atoms with Gasteiger partial charge in [-0.3, -0.25) is 14.5 Å². The van der Waals surface area contributed by atoms with E-state index in [1.54, 1.807) is 55.6 Å². The fourth-order valence-corrected chi connectivity index (χ4v) is 3.59. The van der Waals surface area contributed by atoms with E-state index in [1.807, 2.05) is 24.3 Å². The first-order valence-corrected chi connectivity index (χ1v) is 10.2. The lowest BCUT2D eigenvalue weighted by Crippen LogP contribution is -2.41. The standard InChI is InChI=1S/C25H24N2O5/c1-30-17-8-7-9-18(16-17)32-22-13-6-4-11-20(22)27(19-10-3-5-12-21(19)31-2)24(29)25(14-15-25)23(26)28/h3-13,16H,14-15H2,1-2H3,(H2,26,28). The Bertz CT molecular complexity index is 1160. The van der Waals surface area contributed by atoms with Gasteiger partial charge >= 0.3 is 0 Å². The van der Waals surface area contributed by atoms with Crippen molar-refractivity contribution >= 4 is 23.2 Å². The second kappa shape index (κ2) is 8.63. The van der Waals surface area contributed by atoms with Gasteiger partial charge in [0.05, 0.1) is 25.6 Å². The fraction of sp³-hybridized carbons (Fsp3) is 0.200. The van der Waals surface area contributed by atoms with Crippen molar-refractivity contribution in [3.63, 3.8) is 0 Å². The average molecular weight is 432 g/mol. The maximum absolute atomic E-state index is 13.7. The molecule has 1 aliphatic carbocycles. The topological polar surface area (TPSA) is 91.1 Å². The van der Waals surface area contributed by atoms with Crippen molar-refractivity contribution in [3.05, 3.63) is 72.8 Å². The van der Waals surface area contributed by atoms with E-state index < -0.39 is 17.2 Å². The third-order valence-corrected chi connectivity index (χ3v) is 5.54. The fourth-order valence-electron chi connectivity index (χ4n) is 3.59. The monoisotopic (exact) mass is 432 g/mol. The molecule has 1 fully saturated rings. The largest absolute Gasteiger partial charge is 0.497 e. The zero-order valence-electron chi connectivity index (χ0n) is 17.9. The molecular weight excluding hydrogens is 408 g/mol. The quantitative estimate of drug-likeness (QED) is 0.532. The number of benzene rings is 3. The molecule has 1 saturated carbocycles. The first-order chi connectivity index (χ1) is 15.5. The number of carbonyl (C=O) groups is 2. The van der Waals surface area contributed by atoms with E-state index in [0.717, 1.165) is 0 Å². The van der Waals surface area contributed by atoms with Crippen LogP contribution >= 0.6 is 0 Å². The number of rotatable bonds is 8. The lowest BCUT2D eigenvalue weighted by Gasteiger charge is -2.29. The van der Waals surface area contributed by atoms with Crippen molar-refractivity contribution in [2.45, 2.75) is 12.8 Å². The van der Waals surface area contributed by atoms with Crippen LogP contribution in [0.4, 0.5) is 11.4 Å². The van der Waals surface area contributed by atoms with Gasteiger partial charge in [-0.2, -0.15) is 0 Å². The minimum absolute atomic E-state index is 0.406. The predicted molar refractivity (Wildman–Crippen MR) is 121 cm³/mol. The van der Waals surface area contributed by atoms with Crippen molar-refractivity contribution < 1.29 is 23.8 Å². The van der Waals surface area contributed by atoms with Crippen LogP contribution in [0.15, 0.2) is 72.8 Å². The molecule has 0 aromatic heterocycles. The molecule has 3 aromatic rings. The number of methoxy groups -OCH3 is 2. The highest BCUT2D eigenvalue weighted by molar-refractivity contribution is 6.17. The Morgan fingerprint density at radius 1 is 0.812 bits per heavy atom.